The molecule has 2 heterocycles. The molecule has 1 N–H and O–H groups in total. The van der Waals surface area contributed by atoms with Crippen LogP contribution in [0.2, 0.25) is 0 Å². The van der Waals surface area contributed by atoms with E-state index in [2.05, 4.69) is 5.32 Å². The number of benzene rings is 2. The Balaban J connectivity index is 1.47. The molecule has 8 heteroatoms. The number of nitrogens with zero attached hydrogens (tertiary/aromatic N) is 3. The summed E-state index contributed by atoms with van der Waals surface area (Å²) in [7, 11) is 3.20. The van der Waals surface area contributed by atoms with Crippen LogP contribution in [0.15, 0.2) is 53.5 Å². The molecule has 3 fully saturated rings. The minimum atomic E-state index is -0.627. The van der Waals surface area contributed by atoms with Gasteiger partial charge < -0.3 is 14.4 Å². The topological polar surface area (TPSA) is 83.5 Å². The second-order valence-corrected chi connectivity index (χ2v) is 9.76. The number of para-hydroxylation sites is 1. The van der Waals surface area contributed by atoms with Crippen LogP contribution in [-0.2, 0) is 0 Å². The van der Waals surface area contributed by atoms with Crippen molar-refractivity contribution >= 4 is 23.5 Å². The van der Waals surface area contributed by atoms with Crippen molar-refractivity contribution in [2.45, 2.75) is 56.5 Å². The molecule has 3 aliphatic rings. The van der Waals surface area contributed by atoms with Crippen molar-refractivity contribution in [2.24, 2.45) is 4.99 Å². The molecule has 2 aliphatic heterocycles. The second kappa shape index (κ2) is 10.2. The number of rotatable bonds is 5. The number of hydrogen-bond donors (Lipinski definition) is 1. The molecular formula is C28H34N4O4. The van der Waals surface area contributed by atoms with E-state index in [-0.39, 0.29) is 18.0 Å². The fourth-order valence-corrected chi connectivity index (χ4v) is 5.76. The lowest BCUT2D eigenvalue weighted by molar-refractivity contribution is 0.0697. The molecule has 1 spiro atoms. The Morgan fingerprint density at radius 1 is 1.00 bits per heavy atom. The summed E-state index contributed by atoms with van der Waals surface area (Å²) in [6.45, 7) is 1.02. The molecule has 2 aromatic rings. The fourth-order valence-electron chi connectivity index (χ4n) is 5.76. The van der Waals surface area contributed by atoms with Crippen LogP contribution in [-0.4, -0.2) is 61.6 Å². The number of nitrogens with one attached hydrogen (secondary N) is 1. The van der Waals surface area contributed by atoms with Crippen LogP contribution in [0.1, 0.15) is 55.3 Å². The number of methoxy groups -OCH3 is 2. The third-order valence-electron chi connectivity index (χ3n) is 7.71. The van der Waals surface area contributed by atoms with Crippen LogP contribution < -0.4 is 19.7 Å². The second-order valence-electron chi connectivity index (χ2n) is 9.76. The summed E-state index contributed by atoms with van der Waals surface area (Å²) in [5, 5.41) is 3.11. The highest BCUT2D eigenvalue weighted by Gasteiger charge is 2.53. The molecule has 2 saturated heterocycles. The van der Waals surface area contributed by atoms with Crippen molar-refractivity contribution in [2.75, 3.05) is 32.2 Å². The van der Waals surface area contributed by atoms with Gasteiger partial charge in [0, 0.05) is 19.2 Å². The predicted octanol–water partition coefficient (Wildman–Crippen LogP) is 4.64. The largest absolute Gasteiger partial charge is 0.497 e. The Kier molecular flexibility index (Phi) is 6.85. The minimum absolute atomic E-state index is 0.0571. The molecule has 0 radical (unpaired) electrons. The van der Waals surface area contributed by atoms with E-state index in [9.17, 15) is 9.59 Å². The SMILES string of the molecule is COc1cccc(N2C(=O)NC(=NC3CCCCC3)C23CCN(C(=O)c2ccccc2OC)CC3)c1. The van der Waals surface area contributed by atoms with E-state index in [0.717, 1.165) is 24.4 Å². The van der Waals surface area contributed by atoms with Gasteiger partial charge in [-0.25, -0.2) is 4.79 Å². The molecule has 1 aliphatic carbocycles. The van der Waals surface area contributed by atoms with Gasteiger partial charge in [0.15, 0.2) is 0 Å². The molecule has 0 bridgehead atoms. The van der Waals surface area contributed by atoms with Crippen LogP contribution in [0.25, 0.3) is 0 Å². The summed E-state index contributed by atoms with van der Waals surface area (Å²) in [5.74, 6) is 1.94. The maximum absolute atomic E-state index is 13.4. The quantitative estimate of drug-likeness (QED) is 0.662. The zero-order valence-electron chi connectivity index (χ0n) is 21.0. The zero-order valence-corrected chi connectivity index (χ0v) is 21.0. The van der Waals surface area contributed by atoms with Gasteiger partial charge in [-0.05, 0) is 49.9 Å². The van der Waals surface area contributed by atoms with Gasteiger partial charge in [-0.15, -0.1) is 0 Å². The fraction of sp³-hybridized carbons (Fsp3) is 0.464. The van der Waals surface area contributed by atoms with Gasteiger partial charge in [-0.3, -0.25) is 20.0 Å². The first-order valence-corrected chi connectivity index (χ1v) is 12.8. The Bertz CT molecular complexity index is 1150. The van der Waals surface area contributed by atoms with E-state index in [1.54, 1.807) is 26.4 Å². The smallest absolute Gasteiger partial charge is 0.328 e. The van der Waals surface area contributed by atoms with Gasteiger partial charge in [0.1, 0.15) is 22.9 Å². The van der Waals surface area contributed by atoms with Crippen molar-refractivity contribution in [1.82, 2.24) is 10.2 Å². The molecule has 8 nitrogen and oxygen atoms in total. The first kappa shape index (κ1) is 24.2. The molecule has 0 atom stereocenters. The number of likely N-dealkylation sites (tertiary alicyclic amines) is 1. The number of amides is 3. The molecular weight excluding hydrogens is 456 g/mol. The van der Waals surface area contributed by atoms with E-state index >= 15 is 0 Å². The van der Waals surface area contributed by atoms with Gasteiger partial charge in [-0.1, -0.05) is 37.5 Å². The molecule has 1 saturated carbocycles. The summed E-state index contributed by atoms with van der Waals surface area (Å²) in [5.41, 5.74) is 0.695. The van der Waals surface area contributed by atoms with Crippen molar-refractivity contribution in [3.8, 4) is 11.5 Å². The summed E-state index contributed by atoms with van der Waals surface area (Å²) in [4.78, 5) is 35.6. The number of piperidine rings is 1. The number of aliphatic imine (C=N–C) groups is 1. The Morgan fingerprint density at radius 2 is 1.75 bits per heavy atom. The lowest BCUT2D eigenvalue weighted by Crippen LogP contribution is -2.58. The molecule has 0 aromatic heterocycles. The lowest BCUT2D eigenvalue weighted by atomic mass is 9.84. The first-order valence-electron chi connectivity index (χ1n) is 12.8. The highest BCUT2D eigenvalue weighted by Crippen LogP contribution is 2.40. The predicted molar refractivity (Wildman–Crippen MR) is 139 cm³/mol. The number of carbonyl (C=O) groups is 2. The highest BCUT2D eigenvalue weighted by atomic mass is 16.5. The number of amidine groups is 1. The molecule has 3 amide bonds. The van der Waals surface area contributed by atoms with E-state index in [0.29, 0.717) is 43.0 Å². The minimum Gasteiger partial charge on any atom is -0.497 e. The maximum Gasteiger partial charge on any atom is 0.328 e. The first-order chi connectivity index (χ1) is 17.6. The third-order valence-corrected chi connectivity index (χ3v) is 7.71. The Hall–Kier alpha value is -3.55. The summed E-state index contributed by atoms with van der Waals surface area (Å²) in [6.07, 6.45) is 6.87. The van der Waals surface area contributed by atoms with Crippen LogP contribution in [0.5, 0.6) is 11.5 Å². The lowest BCUT2D eigenvalue weighted by Gasteiger charge is -2.44. The maximum atomic E-state index is 13.4. The van der Waals surface area contributed by atoms with Crippen molar-refractivity contribution in [3.63, 3.8) is 0 Å². The van der Waals surface area contributed by atoms with Gasteiger partial charge in [-0.2, -0.15) is 0 Å². The van der Waals surface area contributed by atoms with Crippen LogP contribution in [0.4, 0.5) is 10.5 Å². The number of ether oxygens (including phenoxy) is 2. The van der Waals surface area contributed by atoms with Crippen molar-refractivity contribution in [3.05, 3.63) is 54.1 Å². The summed E-state index contributed by atoms with van der Waals surface area (Å²) >= 11 is 0. The van der Waals surface area contributed by atoms with Gasteiger partial charge in [0.05, 0.1) is 31.5 Å². The zero-order chi connectivity index (χ0) is 25.1. The normalized spacial score (nSPS) is 21.1. The highest BCUT2D eigenvalue weighted by molar-refractivity contribution is 6.19. The average molecular weight is 491 g/mol. The van der Waals surface area contributed by atoms with Crippen LogP contribution in [0.3, 0.4) is 0 Å². The number of urea groups is 1. The number of carbonyl (C=O) groups excluding carboxylic acids is 2. The standard InChI is InChI=1S/C28H34N4O4/c1-35-22-12-8-11-21(19-22)32-27(34)30-26(29-20-9-4-3-5-10-20)28(32)15-17-31(18-16-28)25(33)23-13-6-7-14-24(23)36-2/h6-8,11-14,19-20H,3-5,9-10,15-18H2,1-2H3,(H,29,30,34). The van der Waals surface area contributed by atoms with Crippen LogP contribution >= 0.6 is 0 Å². The van der Waals surface area contributed by atoms with Gasteiger partial charge >= 0.3 is 6.03 Å². The number of anilines is 1. The molecule has 36 heavy (non-hydrogen) atoms. The monoisotopic (exact) mass is 490 g/mol. The summed E-state index contributed by atoms with van der Waals surface area (Å²) < 4.78 is 10.9. The molecule has 0 unspecified atom stereocenters. The van der Waals surface area contributed by atoms with Crippen molar-refractivity contribution < 1.29 is 19.1 Å². The van der Waals surface area contributed by atoms with Gasteiger partial charge in [0.25, 0.3) is 5.91 Å². The Morgan fingerprint density at radius 3 is 2.47 bits per heavy atom. The van der Waals surface area contributed by atoms with Gasteiger partial charge in [0.2, 0.25) is 0 Å². The molecule has 190 valence electrons. The molecule has 5 rings (SSSR count). The van der Waals surface area contributed by atoms with E-state index in [4.69, 9.17) is 14.5 Å². The molecule has 2 aromatic carbocycles. The average Bonchev–Trinajstić information content (AvgIpc) is 3.18. The Labute approximate surface area is 212 Å². The van der Waals surface area contributed by atoms with Crippen molar-refractivity contribution in [1.29, 1.82) is 0 Å². The van der Waals surface area contributed by atoms with Crippen LogP contribution in [0, 0.1) is 0 Å². The summed E-state index contributed by atoms with van der Waals surface area (Å²) in [6, 6.07) is 14.9. The number of hydrogen-bond acceptors (Lipinski definition) is 5. The van der Waals surface area contributed by atoms with E-state index < -0.39 is 5.54 Å². The third kappa shape index (κ3) is 4.40. The van der Waals surface area contributed by atoms with E-state index in [1.807, 2.05) is 46.2 Å². The van der Waals surface area contributed by atoms with E-state index in [1.165, 1.54) is 19.3 Å².